The fourth-order valence-electron chi connectivity index (χ4n) is 2.31. The van der Waals surface area contributed by atoms with E-state index in [4.69, 9.17) is 0 Å². The van der Waals surface area contributed by atoms with Gasteiger partial charge in [0.1, 0.15) is 11.4 Å². The predicted octanol–water partition coefficient (Wildman–Crippen LogP) is 1.03. The molecule has 0 amide bonds. The van der Waals surface area contributed by atoms with Gasteiger partial charge in [-0.15, -0.1) is 0 Å². The number of rotatable bonds is 3. The summed E-state index contributed by atoms with van der Waals surface area (Å²) in [6, 6.07) is 26.7. The van der Waals surface area contributed by atoms with Crippen molar-refractivity contribution < 1.29 is 17.4 Å². The molecule has 0 radical (unpaired) electrons. The number of amidine groups is 1. The lowest BCUT2D eigenvalue weighted by Crippen LogP contribution is -3.00. The van der Waals surface area contributed by atoms with Gasteiger partial charge in [-0.1, -0.05) is 52.3 Å². The molecule has 0 spiro atoms. The maximum Gasteiger partial charge on any atom is 0.285 e. The second kappa shape index (κ2) is 8.67. The Morgan fingerprint density at radius 1 is 0.833 bits per heavy atom. The van der Waals surface area contributed by atoms with Gasteiger partial charge in [0.15, 0.2) is 0 Å². The zero-order valence-electron chi connectivity index (χ0n) is 13.3. The molecule has 0 saturated carbocycles. The van der Waals surface area contributed by atoms with Crippen LogP contribution < -0.4 is 22.7 Å². The standard InChI is InChI=1S/C20H17BrN2.ClH/c1-15-7-5-6-10-19(15)23-20(16-8-3-2-4-9-16)22-18-13-11-17(21)12-14-18;/h2-14H,1H3,(H,22,23);1H. The summed E-state index contributed by atoms with van der Waals surface area (Å²) in [6.07, 6.45) is 0. The molecule has 3 aromatic rings. The monoisotopic (exact) mass is 400 g/mol. The number of halogens is 2. The molecule has 122 valence electrons. The molecule has 2 N–H and O–H groups in total. The summed E-state index contributed by atoms with van der Waals surface area (Å²) in [4.78, 5) is 3.52. The van der Waals surface area contributed by atoms with Crippen molar-refractivity contribution in [3.8, 4) is 0 Å². The minimum absolute atomic E-state index is 0. The van der Waals surface area contributed by atoms with Crippen LogP contribution in [-0.2, 0) is 0 Å². The van der Waals surface area contributed by atoms with Crippen LogP contribution in [0.15, 0.2) is 83.3 Å². The third kappa shape index (κ3) is 4.70. The molecular formula is C20H18BrClN2. The average Bonchev–Trinajstić information content (AvgIpc) is 2.59. The molecular weight excluding hydrogens is 384 g/mol. The molecule has 0 bridgehead atoms. The molecule has 0 unspecified atom stereocenters. The van der Waals surface area contributed by atoms with E-state index >= 15 is 0 Å². The van der Waals surface area contributed by atoms with E-state index in [1.165, 1.54) is 5.56 Å². The fraction of sp³-hybridized carbons (Fsp3) is 0.0500. The minimum atomic E-state index is 0. The smallest absolute Gasteiger partial charge is 0.285 e. The van der Waals surface area contributed by atoms with Gasteiger partial charge in [-0.3, -0.25) is 0 Å². The van der Waals surface area contributed by atoms with E-state index in [1.807, 2.05) is 54.6 Å². The molecule has 4 heteroatoms. The number of aryl methyl sites for hydroxylation is 1. The second-order valence-electron chi connectivity index (χ2n) is 5.31. The Morgan fingerprint density at radius 3 is 2.12 bits per heavy atom. The molecule has 0 aliphatic heterocycles. The predicted molar refractivity (Wildman–Crippen MR) is 100 cm³/mol. The summed E-state index contributed by atoms with van der Waals surface area (Å²) in [7, 11) is 0. The van der Waals surface area contributed by atoms with Crippen LogP contribution in [0.4, 0.5) is 11.4 Å². The van der Waals surface area contributed by atoms with E-state index in [0.717, 1.165) is 27.2 Å². The summed E-state index contributed by atoms with van der Waals surface area (Å²) in [5, 5.41) is 3.48. The molecule has 0 aliphatic carbocycles. The number of nitrogens with one attached hydrogen (secondary N) is 2. The first-order valence-corrected chi connectivity index (χ1v) is 8.29. The van der Waals surface area contributed by atoms with Crippen LogP contribution in [0.1, 0.15) is 11.1 Å². The Morgan fingerprint density at radius 2 is 1.46 bits per heavy atom. The van der Waals surface area contributed by atoms with Crippen molar-refractivity contribution in [1.29, 1.82) is 0 Å². The molecule has 0 aromatic heterocycles. The Bertz CT molecular complexity index is 815. The highest BCUT2D eigenvalue weighted by molar-refractivity contribution is 9.10. The van der Waals surface area contributed by atoms with E-state index < -0.39 is 0 Å². The highest BCUT2D eigenvalue weighted by Crippen LogP contribution is 2.15. The number of benzene rings is 3. The van der Waals surface area contributed by atoms with E-state index in [9.17, 15) is 0 Å². The molecule has 0 atom stereocenters. The summed E-state index contributed by atoms with van der Waals surface area (Å²) in [5.74, 6) is 0.960. The number of para-hydroxylation sites is 1. The summed E-state index contributed by atoms with van der Waals surface area (Å²) < 4.78 is 1.07. The maximum atomic E-state index is 3.52. The SMILES string of the molecule is Cc1ccccc1[NH+]=C(Nc1ccc(Br)cc1)c1ccccc1.[Cl-]. The fourth-order valence-corrected chi connectivity index (χ4v) is 2.57. The van der Waals surface area contributed by atoms with E-state index in [-0.39, 0.29) is 12.4 Å². The lowest BCUT2D eigenvalue weighted by molar-refractivity contribution is -0.353. The van der Waals surface area contributed by atoms with Gasteiger partial charge in [-0.2, -0.15) is 0 Å². The molecule has 24 heavy (non-hydrogen) atoms. The quantitative estimate of drug-likeness (QED) is 0.498. The third-order valence-corrected chi connectivity index (χ3v) is 4.11. The highest BCUT2D eigenvalue weighted by atomic mass is 79.9. The molecule has 0 aliphatic rings. The topological polar surface area (TPSA) is 26.0 Å². The molecule has 3 aromatic carbocycles. The Balaban J connectivity index is 0.00000208. The molecule has 0 saturated heterocycles. The summed E-state index contributed by atoms with van der Waals surface area (Å²) in [5.41, 5.74) is 4.45. The van der Waals surface area contributed by atoms with Crippen LogP contribution in [0, 0.1) is 6.92 Å². The average molecular weight is 402 g/mol. The van der Waals surface area contributed by atoms with Crippen molar-refractivity contribution in [1.82, 2.24) is 0 Å². The van der Waals surface area contributed by atoms with Crippen LogP contribution in [0.3, 0.4) is 0 Å². The minimum Gasteiger partial charge on any atom is -1.00 e. The van der Waals surface area contributed by atoms with Crippen molar-refractivity contribution in [2.75, 3.05) is 5.32 Å². The van der Waals surface area contributed by atoms with Gasteiger partial charge in [0.2, 0.25) is 0 Å². The first-order chi connectivity index (χ1) is 11.2. The Kier molecular flexibility index (Phi) is 6.59. The van der Waals surface area contributed by atoms with Gasteiger partial charge >= 0.3 is 0 Å². The Hall–Kier alpha value is -2.10. The second-order valence-corrected chi connectivity index (χ2v) is 6.23. The van der Waals surface area contributed by atoms with Crippen LogP contribution in [-0.4, -0.2) is 5.84 Å². The zero-order valence-corrected chi connectivity index (χ0v) is 15.6. The van der Waals surface area contributed by atoms with Gasteiger partial charge in [-0.25, -0.2) is 10.3 Å². The van der Waals surface area contributed by atoms with Gasteiger partial charge in [0.25, 0.3) is 5.84 Å². The summed E-state index contributed by atoms with van der Waals surface area (Å²) >= 11 is 3.47. The lowest BCUT2D eigenvalue weighted by atomic mass is 10.1. The maximum absolute atomic E-state index is 3.52. The summed E-state index contributed by atoms with van der Waals surface area (Å²) in [6.45, 7) is 2.10. The van der Waals surface area contributed by atoms with E-state index in [1.54, 1.807) is 0 Å². The van der Waals surface area contributed by atoms with Gasteiger partial charge in [-0.05, 0) is 55.0 Å². The van der Waals surface area contributed by atoms with Crippen LogP contribution in [0.5, 0.6) is 0 Å². The van der Waals surface area contributed by atoms with Crippen LogP contribution in [0.25, 0.3) is 0 Å². The van der Waals surface area contributed by atoms with Crippen molar-refractivity contribution in [2.24, 2.45) is 0 Å². The van der Waals surface area contributed by atoms with Crippen molar-refractivity contribution >= 4 is 33.1 Å². The first-order valence-electron chi connectivity index (χ1n) is 7.50. The number of anilines is 1. The third-order valence-electron chi connectivity index (χ3n) is 3.58. The zero-order chi connectivity index (χ0) is 16.1. The molecule has 0 heterocycles. The van der Waals surface area contributed by atoms with Crippen LogP contribution in [0.2, 0.25) is 0 Å². The first kappa shape index (κ1) is 18.2. The Labute approximate surface area is 157 Å². The molecule has 3 rings (SSSR count). The molecule has 0 fully saturated rings. The normalized spacial score (nSPS) is 10.8. The largest absolute Gasteiger partial charge is 1.00 e. The lowest BCUT2D eigenvalue weighted by Gasteiger charge is -2.05. The van der Waals surface area contributed by atoms with Gasteiger partial charge in [0, 0.05) is 4.47 Å². The van der Waals surface area contributed by atoms with Gasteiger partial charge in [0.05, 0.1) is 5.56 Å². The van der Waals surface area contributed by atoms with E-state index in [2.05, 4.69) is 57.4 Å². The number of hydrogen-bond acceptors (Lipinski definition) is 0. The van der Waals surface area contributed by atoms with Crippen molar-refractivity contribution in [2.45, 2.75) is 6.92 Å². The van der Waals surface area contributed by atoms with Crippen molar-refractivity contribution in [3.05, 3.63) is 94.5 Å². The van der Waals surface area contributed by atoms with Gasteiger partial charge < -0.3 is 12.4 Å². The molecule has 2 nitrogen and oxygen atoms in total. The van der Waals surface area contributed by atoms with Crippen molar-refractivity contribution in [3.63, 3.8) is 0 Å². The highest BCUT2D eigenvalue weighted by Gasteiger charge is 2.12. The number of hydrogen-bond donors (Lipinski definition) is 2. The van der Waals surface area contributed by atoms with E-state index in [0.29, 0.717) is 0 Å². The van der Waals surface area contributed by atoms with Crippen LogP contribution >= 0.6 is 15.9 Å².